The summed E-state index contributed by atoms with van der Waals surface area (Å²) in [5, 5.41) is 0. The number of hydrogen-bond donors (Lipinski definition) is 1. The second-order valence-electron chi connectivity index (χ2n) is 4.56. The van der Waals surface area contributed by atoms with Gasteiger partial charge in [0.25, 0.3) is 10.1 Å². The molecule has 0 bridgehead atoms. The number of alkyl halides is 5. The Morgan fingerprint density at radius 3 is 1.85 bits per heavy atom. The maximum absolute atomic E-state index is 13.3. The van der Waals surface area contributed by atoms with Gasteiger partial charge in [-0.25, -0.2) is 17.6 Å². The predicted molar refractivity (Wildman–Crippen MR) is 65.1 cm³/mol. The highest BCUT2D eigenvalue weighted by molar-refractivity contribution is 7.85. The molecule has 0 aromatic rings. The summed E-state index contributed by atoms with van der Waals surface area (Å²) in [7, 11) is -4.79. The number of halogens is 5. The summed E-state index contributed by atoms with van der Waals surface area (Å²) < 4.78 is 93.4. The summed E-state index contributed by atoms with van der Waals surface area (Å²) in [6.07, 6.45) is -9.77. The molecule has 3 nitrogen and oxygen atoms in total. The van der Waals surface area contributed by atoms with E-state index >= 15 is 0 Å². The van der Waals surface area contributed by atoms with E-state index in [9.17, 15) is 30.4 Å². The van der Waals surface area contributed by atoms with Gasteiger partial charge < -0.3 is 0 Å². The minimum Gasteiger partial charge on any atom is -0.285 e. The average Bonchev–Trinajstić information content (AvgIpc) is 2.34. The van der Waals surface area contributed by atoms with E-state index in [0.29, 0.717) is 19.3 Å². The minimum atomic E-state index is -4.79. The molecule has 122 valence electrons. The van der Waals surface area contributed by atoms with Crippen molar-refractivity contribution in [1.82, 2.24) is 0 Å². The van der Waals surface area contributed by atoms with E-state index in [1.54, 1.807) is 0 Å². The van der Waals surface area contributed by atoms with Gasteiger partial charge >= 0.3 is 0 Å². The smallest absolute Gasteiger partial charge is 0.267 e. The van der Waals surface area contributed by atoms with Crippen LogP contribution in [0.25, 0.3) is 0 Å². The standard InChI is InChI=1S/C11H19F5O3S/c12-6-4-2-1-3-5-8(13)10(15)11(16)9(14)7-20(17,18)19/h8-11H,1-7H2,(H,17,18,19). The van der Waals surface area contributed by atoms with Gasteiger partial charge in [0.05, 0.1) is 6.67 Å². The van der Waals surface area contributed by atoms with Crippen molar-refractivity contribution in [1.29, 1.82) is 0 Å². The molecule has 0 aromatic heterocycles. The van der Waals surface area contributed by atoms with Gasteiger partial charge in [0.1, 0.15) is 11.9 Å². The minimum absolute atomic E-state index is 0.198. The SMILES string of the molecule is O=S(=O)(O)CC(F)C(F)C(F)C(F)CCCCCCF. The van der Waals surface area contributed by atoms with Crippen LogP contribution < -0.4 is 0 Å². The molecular formula is C11H19F5O3S. The van der Waals surface area contributed by atoms with E-state index in [-0.39, 0.29) is 12.8 Å². The quantitative estimate of drug-likeness (QED) is 0.360. The van der Waals surface area contributed by atoms with Crippen molar-refractivity contribution in [3.63, 3.8) is 0 Å². The van der Waals surface area contributed by atoms with Crippen LogP contribution in [0.5, 0.6) is 0 Å². The van der Waals surface area contributed by atoms with Crippen LogP contribution in [0.4, 0.5) is 22.0 Å². The molecule has 4 unspecified atom stereocenters. The number of hydrogen-bond acceptors (Lipinski definition) is 2. The molecule has 0 radical (unpaired) electrons. The normalized spacial score (nSPS) is 18.5. The molecule has 0 rings (SSSR count). The van der Waals surface area contributed by atoms with Crippen LogP contribution in [-0.4, -0.2) is 50.1 Å². The van der Waals surface area contributed by atoms with Gasteiger partial charge in [-0.2, -0.15) is 8.42 Å². The van der Waals surface area contributed by atoms with Crippen molar-refractivity contribution in [2.75, 3.05) is 12.4 Å². The van der Waals surface area contributed by atoms with E-state index in [2.05, 4.69) is 0 Å². The van der Waals surface area contributed by atoms with Crippen LogP contribution in [0.2, 0.25) is 0 Å². The first kappa shape index (κ1) is 19.6. The summed E-state index contributed by atoms with van der Waals surface area (Å²) in [5.41, 5.74) is 0. The molecule has 0 aromatic carbocycles. The highest BCUT2D eigenvalue weighted by Crippen LogP contribution is 2.22. The molecule has 0 amide bonds. The van der Waals surface area contributed by atoms with Crippen LogP contribution in [-0.2, 0) is 10.1 Å². The van der Waals surface area contributed by atoms with Crippen molar-refractivity contribution in [2.24, 2.45) is 0 Å². The molecule has 0 aliphatic heterocycles. The lowest BCUT2D eigenvalue weighted by molar-refractivity contribution is 0.0354. The van der Waals surface area contributed by atoms with Crippen molar-refractivity contribution in [2.45, 2.75) is 56.8 Å². The topological polar surface area (TPSA) is 54.4 Å². The summed E-state index contributed by atoms with van der Waals surface area (Å²) in [5.74, 6) is -1.61. The second-order valence-corrected chi connectivity index (χ2v) is 6.06. The van der Waals surface area contributed by atoms with Crippen molar-refractivity contribution < 1.29 is 34.9 Å². The number of unbranched alkanes of at least 4 members (excludes halogenated alkanes) is 3. The molecule has 0 fully saturated rings. The fourth-order valence-electron chi connectivity index (χ4n) is 1.64. The molecule has 9 heteroatoms. The number of rotatable bonds is 11. The average molecular weight is 326 g/mol. The highest BCUT2D eigenvalue weighted by Gasteiger charge is 2.37. The van der Waals surface area contributed by atoms with Crippen LogP contribution in [0.1, 0.15) is 32.1 Å². The lowest BCUT2D eigenvalue weighted by atomic mass is 10.0. The van der Waals surface area contributed by atoms with Crippen molar-refractivity contribution in [3.05, 3.63) is 0 Å². The molecule has 0 saturated carbocycles. The molecule has 0 heterocycles. The Morgan fingerprint density at radius 2 is 1.35 bits per heavy atom. The first-order chi connectivity index (χ1) is 9.19. The third-order valence-corrected chi connectivity index (χ3v) is 3.47. The van der Waals surface area contributed by atoms with Crippen LogP contribution in [0, 0.1) is 0 Å². The van der Waals surface area contributed by atoms with Gasteiger partial charge in [0.15, 0.2) is 18.5 Å². The maximum Gasteiger partial charge on any atom is 0.267 e. The zero-order valence-corrected chi connectivity index (χ0v) is 11.6. The third-order valence-electron chi connectivity index (χ3n) is 2.73. The largest absolute Gasteiger partial charge is 0.285 e. The zero-order chi connectivity index (χ0) is 15.8. The first-order valence-corrected chi connectivity index (χ1v) is 7.87. The summed E-state index contributed by atoms with van der Waals surface area (Å²) in [6, 6.07) is 0. The van der Waals surface area contributed by atoms with Crippen LogP contribution >= 0.6 is 0 Å². The summed E-state index contributed by atoms with van der Waals surface area (Å²) in [6.45, 7) is -0.503. The van der Waals surface area contributed by atoms with E-state index in [1.165, 1.54) is 0 Å². The molecular weight excluding hydrogens is 307 g/mol. The summed E-state index contributed by atoms with van der Waals surface area (Å²) in [4.78, 5) is 0. The van der Waals surface area contributed by atoms with E-state index in [0.717, 1.165) is 0 Å². The van der Waals surface area contributed by atoms with Gasteiger partial charge in [-0.1, -0.05) is 19.3 Å². The second kappa shape index (κ2) is 9.49. The lowest BCUT2D eigenvalue weighted by Crippen LogP contribution is -2.38. The molecule has 4 atom stereocenters. The van der Waals surface area contributed by atoms with Gasteiger partial charge in [0, 0.05) is 0 Å². The molecule has 0 aliphatic carbocycles. The molecule has 0 aliphatic rings. The van der Waals surface area contributed by atoms with Crippen LogP contribution in [0.3, 0.4) is 0 Å². The van der Waals surface area contributed by atoms with Gasteiger partial charge in [-0.05, 0) is 12.8 Å². The van der Waals surface area contributed by atoms with Gasteiger partial charge in [0.2, 0.25) is 0 Å². The Morgan fingerprint density at radius 1 is 0.850 bits per heavy atom. The molecule has 0 spiro atoms. The van der Waals surface area contributed by atoms with E-state index in [1.807, 2.05) is 0 Å². The Labute approximate surface area is 115 Å². The maximum atomic E-state index is 13.3. The van der Waals surface area contributed by atoms with E-state index in [4.69, 9.17) is 4.55 Å². The highest BCUT2D eigenvalue weighted by atomic mass is 32.2. The van der Waals surface area contributed by atoms with E-state index < -0.39 is 47.2 Å². The Bertz CT molecular complexity index is 352. The molecule has 20 heavy (non-hydrogen) atoms. The molecule has 1 N–H and O–H groups in total. The Kier molecular flexibility index (Phi) is 9.28. The molecule has 0 saturated heterocycles. The monoisotopic (exact) mass is 326 g/mol. The predicted octanol–water partition coefficient (Wildman–Crippen LogP) is 3.15. The fraction of sp³-hybridized carbons (Fsp3) is 1.00. The fourth-order valence-corrected chi connectivity index (χ4v) is 2.22. The van der Waals surface area contributed by atoms with Crippen molar-refractivity contribution in [3.8, 4) is 0 Å². The third kappa shape index (κ3) is 8.68. The van der Waals surface area contributed by atoms with Gasteiger partial charge in [-0.15, -0.1) is 0 Å². The van der Waals surface area contributed by atoms with Gasteiger partial charge in [-0.3, -0.25) is 8.94 Å². The van der Waals surface area contributed by atoms with Crippen molar-refractivity contribution >= 4 is 10.1 Å². The lowest BCUT2D eigenvalue weighted by Gasteiger charge is -2.19. The summed E-state index contributed by atoms with van der Waals surface area (Å²) >= 11 is 0. The zero-order valence-electron chi connectivity index (χ0n) is 10.8. The first-order valence-electron chi connectivity index (χ1n) is 6.26. The Balaban J connectivity index is 4.11. The van der Waals surface area contributed by atoms with Crippen LogP contribution in [0.15, 0.2) is 0 Å². The Hall–Kier alpha value is -0.440.